The summed E-state index contributed by atoms with van der Waals surface area (Å²) in [5.41, 5.74) is 0.951. The van der Waals surface area contributed by atoms with E-state index in [1.165, 1.54) is 0 Å². The summed E-state index contributed by atoms with van der Waals surface area (Å²) in [7, 11) is 1.96. The van der Waals surface area contributed by atoms with Crippen LogP contribution in [0.3, 0.4) is 0 Å². The maximum atomic E-state index is 12.3. The van der Waals surface area contributed by atoms with Crippen molar-refractivity contribution in [3.63, 3.8) is 0 Å². The highest BCUT2D eigenvalue weighted by atomic mass is 16.5. The fourth-order valence-electron chi connectivity index (χ4n) is 2.78. The molecule has 2 unspecified atom stereocenters. The molecule has 0 aliphatic carbocycles. The van der Waals surface area contributed by atoms with Gasteiger partial charge in [-0.1, -0.05) is 25.1 Å². The van der Waals surface area contributed by atoms with E-state index in [4.69, 9.17) is 4.74 Å². The topological polar surface area (TPSA) is 41.6 Å². The smallest absolute Gasteiger partial charge is 0.246 e. The fourth-order valence-corrected chi connectivity index (χ4v) is 2.78. The van der Waals surface area contributed by atoms with Crippen LogP contribution in [0.5, 0.6) is 5.75 Å². The summed E-state index contributed by atoms with van der Waals surface area (Å²) in [5, 5.41) is 3.19. The van der Waals surface area contributed by atoms with Gasteiger partial charge in [-0.15, -0.1) is 0 Å². The average molecular weight is 316 g/mol. The van der Waals surface area contributed by atoms with Crippen molar-refractivity contribution in [3.8, 4) is 5.75 Å². The van der Waals surface area contributed by atoms with Gasteiger partial charge in [0.25, 0.3) is 0 Å². The Hall–Kier alpha value is -1.81. The predicted molar refractivity (Wildman–Crippen MR) is 94.5 cm³/mol. The van der Waals surface area contributed by atoms with Crippen molar-refractivity contribution in [2.45, 2.75) is 32.8 Å². The van der Waals surface area contributed by atoms with Gasteiger partial charge in [-0.25, -0.2) is 0 Å². The maximum Gasteiger partial charge on any atom is 0.246 e. The monoisotopic (exact) mass is 316 g/mol. The van der Waals surface area contributed by atoms with Crippen molar-refractivity contribution < 1.29 is 9.53 Å². The molecule has 0 saturated carbocycles. The molecule has 1 saturated heterocycles. The highest BCUT2D eigenvalue weighted by Gasteiger charge is 2.24. The van der Waals surface area contributed by atoms with Gasteiger partial charge in [0.05, 0.1) is 6.10 Å². The Morgan fingerprint density at radius 2 is 2.26 bits per heavy atom. The van der Waals surface area contributed by atoms with E-state index in [1.54, 1.807) is 6.08 Å². The molecule has 0 spiro atoms. The number of hydrogen-bond acceptors (Lipinski definition) is 3. The molecule has 1 fully saturated rings. The van der Waals surface area contributed by atoms with Crippen molar-refractivity contribution in [2.75, 3.05) is 26.7 Å². The van der Waals surface area contributed by atoms with Gasteiger partial charge in [-0.05, 0) is 51.4 Å². The van der Waals surface area contributed by atoms with Crippen LogP contribution in [0.1, 0.15) is 32.3 Å². The summed E-state index contributed by atoms with van der Waals surface area (Å²) in [6.07, 6.45) is 5.73. The number of ether oxygens (including phenoxy) is 1. The highest BCUT2D eigenvalue weighted by Crippen LogP contribution is 2.22. The van der Waals surface area contributed by atoms with Crippen LogP contribution in [0.25, 0.3) is 6.08 Å². The Morgan fingerprint density at radius 1 is 1.48 bits per heavy atom. The largest absolute Gasteiger partial charge is 0.490 e. The Bertz CT molecular complexity index is 542. The summed E-state index contributed by atoms with van der Waals surface area (Å²) in [4.78, 5) is 14.3. The van der Waals surface area contributed by atoms with E-state index in [2.05, 4.69) is 19.2 Å². The van der Waals surface area contributed by atoms with Crippen LogP contribution in [0, 0.1) is 5.92 Å². The van der Waals surface area contributed by atoms with Crippen LogP contribution < -0.4 is 10.1 Å². The van der Waals surface area contributed by atoms with Crippen molar-refractivity contribution in [3.05, 3.63) is 35.9 Å². The third-order valence-electron chi connectivity index (χ3n) is 4.32. The second-order valence-corrected chi connectivity index (χ2v) is 6.20. The summed E-state index contributed by atoms with van der Waals surface area (Å²) in [6.45, 7) is 6.81. The van der Waals surface area contributed by atoms with E-state index in [1.807, 2.05) is 42.3 Å². The summed E-state index contributed by atoms with van der Waals surface area (Å²) < 4.78 is 5.92. The Kier molecular flexibility index (Phi) is 6.66. The van der Waals surface area contributed by atoms with Gasteiger partial charge in [0.15, 0.2) is 0 Å². The zero-order valence-corrected chi connectivity index (χ0v) is 14.4. The molecule has 126 valence electrons. The zero-order valence-electron chi connectivity index (χ0n) is 14.4. The normalized spacial score (nSPS) is 19.3. The number of benzene rings is 1. The first kappa shape index (κ1) is 17.5. The van der Waals surface area contributed by atoms with Crippen molar-refractivity contribution in [2.24, 2.45) is 5.92 Å². The molecule has 0 bridgehead atoms. The van der Waals surface area contributed by atoms with Gasteiger partial charge in [0, 0.05) is 24.7 Å². The molecule has 4 heteroatoms. The standard InChI is InChI=1S/C19H28N2O2/c1-4-15(2)23-18-8-6-5-7-17(18)9-10-19(22)21-12-11-16(14-21)13-20-3/h5-10,15-16,20H,4,11-14H2,1-3H3/b10-9+. The Balaban J connectivity index is 1.98. The number of likely N-dealkylation sites (tertiary alicyclic amines) is 1. The first-order valence-corrected chi connectivity index (χ1v) is 8.51. The van der Waals surface area contributed by atoms with Crippen LogP contribution in [-0.2, 0) is 4.79 Å². The molecule has 1 N–H and O–H groups in total. The van der Waals surface area contributed by atoms with Crippen LogP contribution in [0.15, 0.2) is 30.3 Å². The van der Waals surface area contributed by atoms with Gasteiger partial charge in [0.2, 0.25) is 5.91 Å². The van der Waals surface area contributed by atoms with Gasteiger partial charge in [-0.2, -0.15) is 0 Å². The summed E-state index contributed by atoms with van der Waals surface area (Å²) >= 11 is 0. The minimum atomic E-state index is 0.0851. The maximum absolute atomic E-state index is 12.3. The van der Waals surface area contributed by atoms with Gasteiger partial charge < -0.3 is 15.0 Å². The molecule has 1 aromatic rings. The van der Waals surface area contributed by atoms with E-state index < -0.39 is 0 Å². The molecule has 2 atom stereocenters. The van der Waals surface area contributed by atoms with E-state index in [0.29, 0.717) is 5.92 Å². The molecule has 0 aromatic heterocycles. The lowest BCUT2D eigenvalue weighted by molar-refractivity contribution is -0.125. The van der Waals surface area contributed by atoms with Crippen LogP contribution in [0.4, 0.5) is 0 Å². The van der Waals surface area contributed by atoms with E-state index in [0.717, 1.165) is 43.8 Å². The lowest BCUT2D eigenvalue weighted by Gasteiger charge is -2.15. The molecule has 1 amide bonds. The minimum Gasteiger partial charge on any atom is -0.490 e. The second-order valence-electron chi connectivity index (χ2n) is 6.20. The van der Waals surface area contributed by atoms with Gasteiger partial charge in [-0.3, -0.25) is 4.79 Å². The SMILES string of the molecule is CCC(C)Oc1ccccc1/C=C/C(=O)N1CCC(CNC)C1. The molecule has 23 heavy (non-hydrogen) atoms. The fraction of sp³-hybridized carbons (Fsp3) is 0.526. The number of carbonyl (C=O) groups excluding carboxylic acids is 1. The Labute approximate surface area is 139 Å². The Morgan fingerprint density at radius 3 is 3.00 bits per heavy atom. The number of amides is 1. The molecule has 1 heterocycles. The molecular formula is C19H28N2O2. The lowest BCUT2D eigenvalue weighted by atomic mass is 10.1. The molecule has 4 nitrogen and oxygen atoms in total. The number of rotatable bonds is 7. The quantitative estimate of drug-likeness (QED) is 0.786. The number of nitrogens with one attached hydrogen (secondary N) is 1. The number of para-hydroxylation sites is 1. The lowest BCUT2D eigenvalue weighted by Crippen LogP contribution is -2.28. The van der Waals surface area contributed by atoms with Crippen molar-refractivity contribution >= 4 is 12.0 Å². The van der Waals surface area contributed by atoms with Gasteiger partial charge >= 0.3 is 0 Å². The minimum absolute atomic E-state index is 0.0851. The molecule has 1 aromatic carbocycles. The number of nitrogens with zero attached hydrogens (tertiary/aromatic N) is 1. The van der Waals surface area contributed by atoms with Crippen LogP contribution >= 0.6 is 0 Å². The van der Waals surface area contributed by atoms with E-state index in [9.17, 15) is 4.79 Å². The average Bonchev–Trinajstić information content (AvgIpc) is 3.02. The number of carbonyl (C=O) groups is 1. The number of hydrogen-bond donors (Lipinski definition) is 1. The molecular weight excluding hydrogens is 288 g/mol. The van der Waals surface area contributed by atoms with Crippen LogP contribution in [-0.4, -0.2) is 43.6 Å². The molecule has 2 rings (SSSR count). The molecule has 0 radical (unpaired) electrons. The first-order valence-electron chi connectivity index (χ1n) is 8.51. The summed E-state index contributed by atoms with van der Waals surface area (Å²) in [6, 6.07) is 7.86. The first-order chi connectivity index (χ1) is 11.1. The third-order valence-corrected chi connectivity index (χ3v) is 4.32. The van der Waals surface area contributed by atoms with Crippen molar-refractivity contribution in [1.29, 1.82) is 0 Å². The second kappa shape index (κ2) is 8.73. The van der Waals surface area contributed by atoms with E-state index >= 15 is 0 Å². The third kappa shape index (κ3) is 5.10. The zero-order chi connectivity index (χ0) is 16.7. The van der Waals surface area contributed by atoms with E-state index in [-0.39, 0.29) is 12.0 Å². The molecule has 1 aliphatic heterocycles. The summed E-state index contributed by atoms with van der Waals surface area (Å²) in [5.74, 6) is 1.49. The van der Waals surface area contributed by atoms with Gasteiger partial charge in [0.1, 0.15) is 5.75 Å². The van der Waals surface area contributed by atoms with Crippen molar-refractivity contribution in [1.82, 2.24) is 10.2 Å². The predicted octanol–water partition coefficient (Wildman–Crippen LogP) is 2.95. The molecule has 1 aliphatic rings. The van der Waals surface area contributed by atoms with Crippen LogP contribution in [0.2, 0.25) is 0 Å². The highest BCUT2D eigenvalue weighted by molar-refractivity contribution is 5.92.